The average Bonchev–Trinajstić information content (AvgIpc) is 3.35. The maximum atomic E-state index is 13.6. The van der Waals surface area contributed by atoms with Gasteiger partial charge in [0.2, 0.25) is 0 Å². The Kier molecular flexibility index (Phi) is 9.76. The van der Waals surface area contributed by atoms with Crippen molar-refractivity contribution in [3.63, 3.8) is 0 Å². The van der Waals surface area contributed by atoms with Gasteiger partial charge in [-0.15, -0.1) is 0 Å². The van der Waals surface area contributed by atoms with E-state index in [0.717, 1.165) is 29.8 Å². The smallest absolute Gasteiger partial charge is 0.295 e. The lowest BCUT2D eigenvalue weighted by Crippen LogP contribution is -2.42. The molecule has 0 radical (unpaired) electrons. The fourth-order valence-corrected chi connectivity index (χ4v) is 5.85. The zero-order valence-corrected chi connectivity index (χ0v) is 25.9. The Morgan fingerprint density at radius 2 is 1.41 bits per heavy atom. The summed E-state index contributed by atoms with van der Waals surface area (Å²) in [5, 5.41) is 11.6. The van der Waals surface area contributed by atoms with Crippen LogP contribution in [-0.4, -0.2) is 66.0 Å². The van der Waals surface area contributed by atoms with E-state index >= 15 is 0 Å². The molecule has 1 N–H and O–H groups in total. The normalized spacial score (nSPS) is 18.1. The van der Waals surface area contributed by atoms with Crippen LogP contribution < -0.4 is 9.47 Å². The van der Waals surface area contributed by atoms with E-state index < -0.39 is 17.7 Å². The second kappa shape index (κ2) is 14.5. The molecule has 2 heterocycles. The molecule has 4 aromatic rings. The van der Waals surface area contributed by atoms with Gasteiger partial charge in [0, 0.05) is 31.7 Å². The number of morpholine rings is 1. The van der Waals surface area contributed by atoms with E-state index in [-0.39, 0.29) is 11.3 Å². The number of nitrogens with zero attached hydrogens (tertiary/aromatic N) is 2. The van der Waals surface area contributed by atoms with Gasteiger partial charge in [0.1, 0.15) is 30.5 Å². The van der Waals surface area contributed by atoms with Crippen LogP contribution in [0.2, 0.25) is 0 Å². The van der Waals surface area contributed by atoms with Gasteiger partial charge in [-0.05, 0) is 60.0 Å². The van der Waals surface area contributed by atoms with Crippen LogP contribution in [0.15, 0.2) is 109 Å². The zero-order chi connectivity index (χ0) is 31.9. The summed E-state index contributed by atoms with van der Waals surface area (Å²) in [7, 11) is 0. The van der Waals surface area contributed by atoms with Crippen molar-refractivity contribution < 1.29 is 28.9 Å². The molecule has 236 valence electrons. The van der Waals surface area contributed by atoms with Gasteiger partial charge in [-0.3, -0.25) is 14.5 Å². The third-order valence-electron chi connectivity index (χ3n) is 8.36. The van der Waals surface area contributed by atoms with E-state index in [0.29, 0.717) is 62.1 Å². The van der Waals surface area contributed by atoms with Crippen LogP contribution in [0.3, 0.4) is 0 Å². The maximum absolute atomic E-state index is 13.6. The molecule has 0 aromatic heterocycles. The van der Waals surface area contributed by atoms with Crippen LogP contribution in [0.4, 0.5) is 0 Å². The minimum absolute atomic E-state index is 0.0679. The second-order valence-corrected chi connectivity index (χ2v) is 11.6. The van der Waals surface area contributed by atoms with Crippen molar-refractivity contribution in [2.45, 2.75) is 26.2 Å². The van der Waals surface area contributed by atoms with Gasteiger partial charge in [0.05, 0.1) is 24.8 Å². The first-order valence-corrected chi connectivity index (χ1v) is 15.6. The van der Waals surface area contributed by atoms with Crippen molar-refractivity contribution in [2.24, 2.45) is 0 Å². The molecule has 0 spiro atoms. The number of aliphatic hydroxyl groups excluding tert-OH is 1. The lowest BCUT2D eigenvalue weighted by Gasteiger charge is -2.31. The predicted octanol–water partition coefficient (Wildman–Crippen LogP) is 5.91. The Labute approximate surface area is 269 Å². The number of rotatable bonds is 11. The van der Waals surface area contributed by atoms with Crippen LogP contribution in [-0.2, 0) is 27.5 Å². The topological polar surface area (TPSA) is 88.5 Å². The summed E-state index contributed by atoms with van der Waals surface area (Å²) in [6.45, 7) is 6.60. The number of amides is 1. The molecular weight excluding hydrogens is 580 g/mol. The summed E-state index contributed by atoms with van der Waals surface area (Å²) < 4.78 is 17.4. The molecule has 2 saturated heterocycles. The van der Waals surface area contributed by atoms with Gasteiger partial charge in [-0.25, -0.2) is 0 Å². The highest BCUT2D eigenvalue weighted by Crippen LogP contribution is 2.40. The van der Waals surface area contributed by atoms with Crippen LogP contribution in [0.5, 0.6) is 11.5 Å². The predicted molar refractivity (Wildman–Crippen MR) is 175 cm³/mol. The van der Waals surface area contributed by atoms with E-state index in [4.69, 9.17) is 14.2 Å². The number of carbonyl (C=O) groups is 2. The van der Waals surface area contributed by atoms with Crippen LogP contribution in [0.1, 0.15) is 33.9 Å². The van der Waals surface area contributed by atoms with Gasteiger partial charge < -0.3 is 24.2 Å². The fraction of sp³-hybridized carbons (Fsp3) is 0.263. The van der Waals surface area contributed by atoms with E-state index in [1.165, 1.54) is 0 Å². The van der Waals surface area contributed by atoms with Crippen LogP contribution >= 0.6 is 0 Å². The lowest BCUT2D eigenvalue weighted by atomic mass is 9.95. The number of likely N-dealkylation sites (tertiary alicyclic amines) is 1. The molecule has 8 nitrogen and oxygen atoms in total. The van der Waals surface area contributed by atoms with E-state index in [1.807, 2.05) is 79.7 Å². The van der Waals surface area contributed by atoms with Crippen molar-refractivity contribution in [3.8, 4) is 11.5 Å². The number of aliphatic hydroxyl groups is 1. The number of ether oxygens (including phenoxy) is 3. The van der Waals surface area contributed by atoms with Gasteiger partial charge in [-0.2, -0.15) is 0 Å². The third-order valence-corrected chi connectivity index (χ3v) is 8.36. The monoisotopic (exact) mass is 618 g/mol. The Bertz CT molecular complexity index is 1680. The molecule has 6 rings (SSSR count). The molecule has 0 aliphatic carbocycles. The lowest BCUT2D eigenvalue weighted by molar-refractivity contribution is -0.140. The number of aryl methyl sites for hydroxylation is 1. The van der Waals surface area contributed by atoms with Gasteiger partial charge >= 0.3 is 0 Å². The van der Waals surface area contributed by atoms with Gasteiger partial charge in [0.15, 0.2) is 0 Å². The molecule has 46 heavy (non-hydrogen) atoms. The first-order chi connectivity index (χ1) is 22.5. The van der Waals surface area contributed by atoms with Crippen molar-refractivity contribution in [1.82, 2.24) is 9.80 Å². The van der Waals surface area contributed by atoms with E-state index in [1.54, 1.807) is 29.2 Å². The summed E-state index contributed by atoms with van der Waals surface area (Å²) in [6.07, 6.45) is 0. The Balaban J connectivity index is 1.25. The maximum Gasteiger partial charge on any atom is 0.295 e. The Morgan fingerprint density at radius 1 is 0.783 bits per heavy atom. The molecule has 2 fully saturated rings. The average molecular weight is 619 g/mol. The number of hydrogen-bond acceptors (Lipinski definition) is 7. The van der Waals surface area contributed by atoms with E-state index in [9.17, 15) is 14.7 Å². The zero-order valence-electron chi connectivity index (χ0n) is 25.9. The largest absolute Gasteiger partial charge is 0.507 e. The molecular formula is C38H38N2O6. The first-order valence-electron chi connectivity index (χ1n) is 15.6. The number of benzene rings is 4. The third kappa shape index (κ3) is 7.30. The van der Waals surface area contributed by atoms with Crippen LogP contribution in [0, 0.1) is 6.92 Å². The number of hydrogen-bond donors (Lipinski definition) is 1. The fourth-order valence-electron chi connectivity index (χ4n) is 5.85. The van der Waals surface area contributed by atoms with Crippen molar-refractivity contribution in [3.05, 3.63) is 137 Å². The Hall–Kier alpha value is -4.92. The minimum atomic E-state index is -0.749. The Morgan fingerprint density at radius 3 is 2.09 bits per heavy atom. The molecule has 1 atom stereocenters. The van der Waals surface area contributed by atoms with E-state index in [2.05, 4.69) is 11.0 Å². The highest BCUT2D eigenvalue weighted by atomic mass is 16.5. The summed E-state index contributed by atoms with van der Waals surface area (Å²) in [5.74, 6) is -0.242. The van der Waals surface area contributed by atoms with Gasteiger partial charge in [0.25, 0.3) is 11.7 Å². The molecule has 4 aromatic carbocycles. The van der Waals surface area contributed by atoms with Crippen molar-refractivity contribution in [2.75, 3.05) is 39.4 Å². The number of ketones is 1. The molecule has 0 bridgehead atoms. The minimum Gasteiger partial charge on any atom is -0.507 e. The van der Waals surface area contributed by atoms with Gasteiger partial charge in [-0.1, -0.05) is 72.3 Å². The summed E-state index contributed by atoms with van der Waals surface area (Å²) in [4.78, 5) is 30.8. The number of carbonyl (C=O) groups excluding carboxylic acids is 2. The summed E-state index contributed by atoms with van der Waals surface area (Å²) in [6, 6.07) is 31.6. The van der Waals surface area contributed by atoms with Crippen LogP contribution in [0.25, 0.3) is 5.76 Å². The number of Topliss-reactive ketones (excluding diaryl/α,β-unsaturated/α-hetero) is 1. The molecule has 1 unspecified atom stereocenters. The molecule has 2 aliphatic heterocycles. The summed E-state index contributed by atoms with van der Waals surface area (Å²) in [5.41, 5.74) is 4.48. The highest BCUT2D eigenvalue weighted by molar-refractivity contribution is 6.46. The molecule has 0 saturated carbocycles. The SMILES string of the molecule is Cc1cccc(COc2ccc(C(O)=C3C(=O)C(=O)N(CCN4CCOCC4)C3c3ccc(OCc4ccccc4)cc3)cc2)c1. The quantitative estimate of drug-likeness (QED) is 0.127. The first kappa shape index (κ1) is 31.1. The standard InChI is InChI=1S/C38H38N2O6/c1-27-6-5-9-29(24-27)26-46-33-16-12-31(13-17-33)36(41)34-35(40(38(43)37(34)42)19-18-39-20-22-44-23-21-39)30-10-14-32(15-11-30)45-25-28-7-3-2-4-8-28/h2-17,24,35,41H,18-23,25-26H2,1H3. The highest BCUT2D eigenvalue weighted by Gasteiger charge is 2.46. The molecule has 1 amide bonds. The second-order valence-electron chi connectivity index (χ2n) is 11.6. The van der Waals surface area contributed by atoms with Crippen molar-refractivity contribution >= 4 is 17.4 Å². The molecule has 8 heteroatoms. The summed E-state index contributed by atoms with van der Waals surface area (Å²) >= 11 is 0. The molecule has 2 aliphatic rings. The van der Waals surface area contributed by atoms with Crippen molar-refractivity contribution in [1.29, 1.82) is 0 Å².